The van der Waals surface area contributed by atoms with Gasteiger partial charge in [0.2, 0.25) is 0 Å². The van der Waals surface area contributed by atoms with Crippen LogP contribution in [-0.4, -0.2) is 0 Å². The molecule has 0 amide bonds. The number of halogens is 3. The van der Waals surface area contributed by atoms with Crippen LogP contribution in [0.15, 0.2) is 40.9 Å². The average molecular weight is 329 g/mol. The molecule has 0 atom stereocenters. The molecule has 0 spiro atoms. The zero-order valence-electron chi connectivity index (χ0n) is 9.81. The quantitative estimate of drug-likeness (QED) is 0.820. The number of hydrogen-bond donors (Lipinski definition) is 1. The Labute approximate surface area is 119 Å². The zero-order chi connectivity index (χ0) is 13.1. The lowest BCUT2D eigenvalue weighted by Gasteiger charge is -2.11. The SMILES string of the molecule is Cc1c(Cl)cccc1NCc1ccc(F)c(Br)c1. The molecule has 18 heavy (non-hydrogen) atoms. The summed E-state index contributed by atoms with van der Waals surface area (Å²) in [6, 6.07) is 10.7. The highest BCUT2D eigenvalue weighted by Gasteiger charge is 2.03. The van der Waals surface area contributed by atoms with Crippen molar-refractivity contribution in [3.05, 3.63) is 62.8 Å². The lowest BCUT2D eigenvalue weighted by Crippen LogP contribution is -2.01. The van der Waals surface area contributed by atoms with Gasteiger partial charge in [0.15, 0.2) is 0 Å². The predicted octanol–water partition coefficient (Wildman–Crippen LogP) is 5.16. The molecule has 0 aliphatic carbocycles. The maximum Gasteiger partial charge on any atom is 0.137 e. The summed E-state index contributed by atoms with van der Waals surface area (Å²) in [5.41, 5.74) is 3.01. The van der Waals surface area contributed by atoms with Crippen LogP contribution in [-0.2, 0) is 6.54 Å². The van der Waals surface area contributed by atoms with Crippen LogP contribution in [0.2, 0.25) is 5.02 Å². The molecule has 0 heterocycles. The topological polar surface area (TPSA) is 12.0 Å². The highest BCUT2D eigenvalue weighted by Crippen LogP contribution is 2.24. The summed E-state index contributed by atoms with van der Waals surface area (Å²) < 4.78 is 13.6. The van der Waals surface area contributed by atoms with Crippen molar-refractivity contribution in [1.82, 2.24) is 0 Å². The lowest BCUT2D eigenvalue weighted by molar-refractivity contribution is 0.620. The van der Waals surface area contributed by atoms with Crippen molar-refractivity contribution in [2.45, 2.75) is 13.5 Å². The zero-order valence-corrected chi connectivity index (χ0v) is 12.1. The third-order valence-corrected chi connectivity index (χ3v) is 3.75. The normalized spacial score (nSPS) is 10.4. The first-order valence-electron chi connectivity index (χ1n) is 5.51. The molecule has 94 valence electrons. The molecule has 0 saturated carbocycles. The van der Waals surface area contributed by atoms with Gasteiger partial charge in [0.05, 0.1) is 4.47 Å². The minimum Gasteiger partial charge on any atom is -0.381 e. The van der Waals surface area contributed by atoms with Gasteiger partial charge in [0.25, 0.3) is 0 Å². The van der Waals surface area contributed by atoms with Gasteiger partial charge in [-0.05, 0) is 58.2 Å². The third kappa shape index (κ3) is 3.03. The largest absolute Gasteiger partial charge is 0.381 e. The Kier molecular flexibility index (Phi) is 4.25. The van der Waals surface area contributed by atoms with Crippen LogP contribution in [0.3, 0.4) is 0 Å². The van der Waals surface area contributed by atoms with Gasteiger partial charge in [-0.3, -0.25) is 0 Å². The van der Waals surface area contributed by atoms with E-state index < -0.39 is 0 Å². The van der Waals surface area contributed by atoms with Crippen molar-refractivity contribution in [2.24, 2.45) is 0 Å². The van der Waals surface area contributed by atoms with Crippen molar-refractivity contribution in [3.63, 3.8) is 0 Å². The van der Waals surface area contributed by atoms with E-state index >= 15 is 0 Å². The summed E-state index contributed by atoms with van der Waals surface area (Å²) in [6.45, 7) is 2.59. The standard InChI is InChI=1S/C14H12BrClFN/c1-9-12(16)3-2-4-14(9)18-8-10-5-6-13(17)11(15)7-10/h2-7,18H,8H2,1H3. The first kappa shape index (κ1) is 13.4. The molecule has 2 aromatic carbocycles. The van der Waals surface area contributed by atoms with Crippen molar-refractivity contribution in [1.29, 1.82) is 0 Å². The van der Waals surface area contributed by atoms with Crippen molar-refractivity contribution in [2.75, 3.05) is 5.32 Å². The molecule has 0 radical (unpaired) electrons. The van der Waals surface area contributed by atoms with E-state index in [9.17, 15) is 4.39 Å². The Morgan fingerprint density at radius 1 is 1.28 bits per heavy atom. The third-order valence-electron chi connectivity index (χ3n) is 2.73. The van der Waals surface area contributed by atoms with Crippen molar-refractivity contribution >= 4 is 33.2 Å². The Morgan fingerprint density at radius 2 is 2.06 bits per heavy atom. The Bertz CT molecular complexity index is 572. The maximum absolute atomic E-state index is 13.1. The van der Waals surface area contributed by atoms with Crippen molar-refractivity contribution < 1.29 is 4.39 Å². The van der Waals surface area contributed by atoms with E-state index in [0.29, 0.717) is 11.0 Å². The molecule has 4 heteroatoms. The Hall–Kier alpha value is -1.06. The fourth-order valence-electron chi connectivity index (χ4n) is 1.65. The summed E-state index contributed by atoms with van der Waals surface area (Å²) in [5.74, 6) is -0.252. The molecule has 2 aromatic rings. The summed E-state index contributed by atoms with van der Waals surface area (Å²) in [7, 11) is 0. The van der Waals surface area contributed by atoms with E-state index in [0.717, 1.165) is 21.8 Å². The first-order valence-corrected chi connectivity index (χ1v) is 6.68. The average Bonchev–Trinajstić information content (AvgIpc) is 2.35. The van der Waals surface area contributed by atoms with Gasteiger partial charge in [-0.1, -0.05) is 23.7 Å². The van der Waals surface area contributed by atoms with E-state index in [2.05, 4.69) is 21.2 Å². The molecule has 1 nitrogen and oxygen atoms in total. The number of rotatable bonds is 3. The molecule has 0 unspecified atom stereocenters. The number of hydrogen-bond acceptors (Lipinski definition) is 1. The second-order valence-corrected chi connectivity index (χ2v) is 5.28. The predicted molar refractivity (Wildman–Crippen MR) is 77.6 cm³/mol. The summed E-state index contributed by atoms with van der Waals surface area (Å²) in [4.78, 5) is 0. The van der Waals surface area contributed by atoms with E-state index in [4.69, 9.17) is 11.6 Å². The maximum atomic E-state index is 13.1. The fraction of sp³-hybridized carbons (Fsp3) is 0.143. The second kappa shape index (κ2) is 5.72. The van der Waals surface area contributed by atoms with E-state index in [1.54, 1.807) is 12.1 Å². The van der Waals surface area contributed by atoms with E-state index in [1.165, 1.54) is 6.07 Å². The summed E-state index contributed by atoms with van der Waals surface area (Å²) in [6.07, 6.45) is 0. The molecule has 0 aliphatic heterocycles. The molecular formula is C14H12BrClFN. The summed E-state index contributed by atoms with van der Waals surface area (Å²) >= 11 is 9.22. The van der Waals surface area contributed by atoms with Gasteiger partial charge in [-0.15, -0.1) is 0 Å². The van der Waals surface area contributed by atoms with Crippen LogP contribution in [0.4, 0.5) is 10.1 Å². The number of nitrogens with one attached hydrogen (secondary N) is 1. The molecule has 2 rings (SSSR count). The minimum atomic E-state index is -0.252. The van der Waals surface area contributed by atoms with Crippen LogP contribution in [0, 0.1) is 12.7 Å². The van der Waals surface area contributed by atoms with Gasteiger partial charge < -0.3 is 5.32 Å². The van der Waals surface area contributed by atoms with E-state index in [1.807, 2.05) is 25.1 Å². The Morgan fingerprint density at radius 3 is 2.78 bits per heavy atom. The number of benzene rings is 2. The smallest absolute Gasteiger partial charge is 0.137 e. The van der Waals surface area contributed by atoms with Crippen LogP contribution in [0.25, 0.3) is 0 Å². The molecule has 1 N–H and O–H groups in total. The minimum absolute atomic E-state index is 0.252. The molecule has 0 saturated heterocycles. The van der Waals surface area contributed by atoms with Crippen LogP contribution in [0.1, 0.15) is 11.1 Å². The van der Waals surface area contributed by atoms with Gasteiger partial charge in [-0.25, -0.2) is 4.39 Å². The summed E-state index contributed by atoms with van der Waals surface area (Å²) in [5, 5.41) is 4.03. The molecule has 0 fully saturated rings. The van der Waals surface area contributed by atoms with E-state index in [-0.39, 0.29) is 5.82 Å². The lowest BCUT2D eigenvalue weighted by atomic mass is 10.1. The Balaban J connectivity index is 2.11. The van der Waals surface area contributed by atoms with Gasteiger partial charge in [0, 0.05) is 17.3 Å². The highest BCUT2D eigenvalue weighted by molar-refractivity contribution is 9.10. The molecular weight excluding hydrogens is 317 g/mol. The van der Waals surface area contributed by atoms with Crippen LogP contribution >= 0.6 is 27.5 Å². The fourth-order valence-corrected chi connectivity index (χ4v) is 2.25. The molecule has 0 aliphatic rings. The second-order valence-electron chi connectivity index (χ2n) is 4.01. The van der Waals surface area contributed by atoms with Crippen molar-refractivity contribution in [3.8, 4) is 0 Å². The van der Waals surface area contributed by atoms with Crippen LogP contribution < -0.4 is 5.32 Å². The highest BCUT2D eigenvalue weighted by atomic mass is 79.9. The first-order chi connectivity index (χ1) is 8.58. The van der Waals surface area contributed by atoms with Gasteiger partial charge in [0.1, 0.15) is 5.82 Å². The van der Waals surface area contributed by atoms with Crippen LogP contribution in [0.5, 0.6) is 0 Å². The van der Waals surface area contributed by atoms with Gasteiger partial charge in [-0.2, -0.15) is 0 Å². The monoisotopic (exact) mass is 327 g/mol. The molecule has 0 aromatic heterocycles. The molecule has 0 bridgehead atoms. The van der Waals surface area contributed by atoms with Gasteiger partial charge >= 0.3 is 0 Å². The number of anilines is 1.